The third-order valence-electron chi connectivity index (χ3n) is 2.34. The predicted octanol–water partition coefficient (Wildman–Crippen LogP) is 1.18. The molecule has 0 aliphatic carbocycles. The van der Waals surface area contributed by atoms with Gasteiger partial charge in [-0.15, -0.1) is 0 Å². The number of aromatic nitrogens is 1. The number of hydrogen-bond donors (Lipinski definition) is 1. The van der Waals surface area contributed by atoms with Gasteiger partial charge in [-0.05, 0) is 25.5 Å². The lowest BCUT2D eigenvalue weighted by Crippen LogP contribution is -2.18. The molecule has 112 valence electrons. The van der Waals surface area contributed by atoms with E-state index in [2.05, 4.69) is 14.4 Å². The molecule has 0 radical (unpaired) electrons. The lowest BCUT2D eigenvalue weighted by molar-refractivity contribution is -0.140. The summed E-state index contributed by atoms with van der Waals surface area (Å²) in [5, 5.41) is 0. The summed E-state index contributed by atoms with van der Waals surface area (Å²) in [6.07, 6.45) is 1.76. The topological polar surface area (TPSA) is 94.6 Å². The highest BCUT2D eigenvalue weighted by Gasteiger charge is 2.15. The van der Waals surface area contributed by atoms with E-state index >= 15 is 0 Å². The molecule has 7 nitrogen and oxygen atoms in total. The number of sulfonamides is 1. The third kappa shape index (κ3) is 5.43. The van der Waals surface area contributed by atoms with Crippen molar-refractivity contribution in [3.63, 3.8) is 0 Å². The highest BCUT2D eigenvalue weighted by molar-refractivity contribution is 7.92. The first-order valence-electron chi connectivity index (χ1n) is 6.13. The molecule has 0 unspecified atom stereocenters. The molecular weight excluding hydrogens is 284 g/mol. The van der Waals surface area contributed by atoms with Gasteiger partial charge in [-0.1, -0.05) is 0 Å². The largest absolute Gasteiger partial charge is 0.476 e. The lowest BCUT2D eigenvalue weighted by Gasteiger charge is -2.11. The summed E-state index contributed by atoms with van der Waals surface area (Å²) in [7, 11) is -2.29. The van der Waals surface area contributed by atoms with Crippen LogP contribution in [0.15, 0.2) is 18.3 Å². The van der Waals surface area contributed by atoms with Gasteiger partial charge in [0.05, 0.1) is 19.5 Å². The zero-order valence-corrected chi connectivity index (χ0v) is 12.3. The number of pyridine rings is 1. The van der Waals surface area contributed by atoms with E-state index < -0.39 is 16.0 Å². The highest BCUT2D eigenvalue weighted by Crippen LogP contribution is 2.21. The zero-order chi connectivity index (χ0) is 15.0. The molecule has 1 N–H and O–H groups in total. The number of ether oxygens (including phenoxy) is 2. The normalized spacial score (nSPS) is 10.9. The lowest BCUT2D eigenvalue weighted by atomic mass is 10.3. The van der Waals surface area contributed by atoms with Crippen LogP contribution in [0.2, 0.25) is 0 Å². The monoisotopic (exact) mass is 302 g/mol. The van der Waals surface area contributed by atoms with Crippen LogP contribution in [-0.4, -0.2) is 38.8 Å². The van der Waals surface area contributed by atoms with Crippen molar-refractivity contribution in [1.82, 2.24) is 4.98 Å². The summed E-state index contributed by atoms with van der Waals surface area (Å²) in [6, 6.07) is 3.17. The van der Waals surface area contributed by atoms with E-state index in [1.165, 1.54) is 13.3 Å². The fourth-order valence-corrected chi connectivity index (χ4v) is 2.56. The molecule has 0 aliphatic rings. The minimum Gasteiger partial charge on any atom is -0.476 e. The van der Waals surface area contributed by atoms with Crippen LogP contribution in [0.4, 0.5) is 5.69 Å². The fraction of sp³-hybridized carbons (Fsp3) is 0.500. The zero-order valence-electron chi connectivity index (χ0n) is 11.5. The van der Waals surface area contributed by atoms with Crippen LogP contribution >= 0.6 is 0 Å². The Morgan fingerprint density at radius 3 is 2.85 bits per heavy atom. The van der Waals surface area contributed by atoms with Crippen LogP contribution in [0.1, 0.15) is 19.8 Å². The van der Waals surface area contributed by atoms with Gasteiger partial charge in [0.2, 0.25) is 15.9 Å². The Morgan fingerprint density at radius 1 is 1.45 bits per heavy atom. The van der Waals surface area contributed by atoms with E-state index in [0.29, 0.717) is 6.61 Å². The van der Waals surface area contributed by atoms with Gasteiger partial charge in [0.1, 0.15) is 5.69 Å². The summed E-state index contributed by atoms with van der Waals surface area (Å²) in [5.74, 6) is -0.383. The third-order valence-corrected chi connectivity index (χ3v) is 3.70. The van der Waals surface area contributed by atoms with Crippen LogP contribution in [0, 0.1) is 0 Å². The second-order valence-electron chi connectivity index (χ2n) is 3.89. The molecule has 1 aromatic heterocycles. The number of methoxy groups -OCH3 is 1. The highest BCUT2D eigenvalue weighted by atomic mass is 32.2. The van der Waals surface area contributed by atoms with Gasteiger partial charge in [0.25, 0.3) is 0 Å². The Labute approximate surface area is 118 Å². The maximum atomic E-state index is 11.9. The van der Waals surface area contributed by atoms with Gasteiger partial charge in [-0.25, -0.2) is 13.4 Å². The molecule has 0 spiro atoms. The summed E-state index contributed by atoms with van der Waals surface area (Å²) in [4.78, 5) is 14.9. The molecule has 1 rings (SSSR count). The molecule has 8 heteroatoms. The first-order chi connectivity index (χ1) is 9.48. The summed E-state index contributed by atoms with van der Waals surface area (Å²) < 4.78 is 35.8. The van der Waals surface area contributed by atoms with Crippen molar-refractivity contribution in [1.29, 1.82) is 0 Å². The quantitative estimate of drug-likeness (QED) is 0.724. The van der Waals surface area contributed by atoms with E-state index in [4.69, 9.17) is 4.74 Å². The smallest absolute Gasteiger partial charge is 0.305 e. The van der Waals surface area contributed by atoms with Gasteiger partial charge in [-0.3, -0.25) is 9.52 Å². The van der Waals surface area contributed by atoms with Crippen LogP contribution in [0.25, 0.3) is 0 Å². The number of carbonyl (C=O) groups excluding carboxylic acids is 1. The molecule has 20 heavy (non-hydrogen) atoms. The Hall–Kier alpha value is -1.83. The van der Waals surface area contributed by atoms with E-state index in [1.54, 1.807) is 19.1 Å². The standard InChI is InChI=1S/C12H18N2O5S/c1-3-19-12-10(6-4-8-13-12)14-20(16,17)9-5-7-11(15)18-2/h4,6,8,14H,3,5,7,9H2,1-2H3. The van der Waals surface area contributed by atoms with Crippen LogP contribution in [-0.2, 0) is 19.6 Å². The average Bonchev–Trinajstić information content (AvgIpc) is 2.40. The van der Waals surface area contributed by atoms with Crippen molar-refractivity contribution in [3.05, 3.63) is 18.3 Å². The second kappa shape index (κ2) is 7.68. The molecule has 0 saturated carbocycles. The second-order valence-corrected chi connectivity index (χ2v) is 5.73. The number of nitrogens with zero attached hydrogens (tertiary/aromatic N) is 1. The first kappa shape index (κ1) is 16.2. The SMILES string of the molecule is CCOc1ncccc1NS(=O)(=O)CCCC(=O)OC. The van der Waals surface area contributed by atoms with Crippen molar-refractivity contribution >= 4 is 21.7 Å². The first-order valence-corrected chi connectivity index (χ1v) is 7.79. The molecule has 1 aromatic rings. The Kier molecular flexibility index (Phi) is 6.23. The molecular formula is C12H18N2O5S. The number of rotatable bonds is 8. The fourth-order valence-electron chi connectivity index (χ4n) is 1.45. The molecule has 0 aliphatic heterocycles. The van der Waals surface area contributed by atoms with Crippen molar-refractivity contribution < 1.29 is 22.7 Å². The summed E-state index contributed by atoms with van der Waals surface area (Å²) in [5.41, 5.74) is 0.285. The predicted molar refractivity (Wildman–Crippen MR) is 74.1 cm³/mol. The number of anilines is 1. The van der Waals surface area contributed by atoms with E-state index in [0.717, 1.165) is 0 Å². The molecule has 0 fully saturated rings. The minimum absolute atomic E-state index is 0.0583. The number of esters is 1. The molecule has 1 heterocycles. The van der Waals surface area contributed by atoms with Gasteiger partial charge in [-0.2, -0.15) is 0 Å². The van der Waals surface area contributed by atoms with Crippen LogP contribution < -0.4 is 9.46 Å². The maximum absolute atomic E-state index is 11.9. The van der Waals surface area contributed by atoms with Gasteiger partial charge in [0.15, 0.2) is 0 Å². The summed E-state index contributed by atoms with van der Waals surface area (Å²) in [6.45, 7) is 2.16. The van der Waals surface area contributed by atoms with E-state index in [-0.39, 0.29) is 30.2 Å². The van der Waals surface area contributed by atoms with Crippen molar-refractivity contribution in [2.24, 2.45) is 0 Å². The maximum Gasteiger partial charge on any atom is 0.305 e. The Bertz CT molecular complexity index is 545. The van der Waals surface area contributed by atoms with Gasteiger partial charge >= 0.3 is 5.97 Å². The molecule has 0 bridgehead atoms. The van der Waals surface area contributed by atoms with Crippen molar-refractivity contribution in [2.75, 3.05) is 24.2 Å². The average molecular weight is 302 g/mol. The molecule has 0 amide bonds. The molecule has 0 atom stereocenters. The van der Waals surface area contributed by atoms with Crippen molar-refractivity contribution in [2.45, 2.75) is 19.8 Å². The van der Waals surface area contributed by atoms with Crippen LogP contribution in [0.3, 0.4) is 0 Å². The Balaban J connectivity index is 2.64. The number of carbonyl (C=O) groups is 1. The number of hydrogen-bond acceptors (Lipinski definition) is 6. The van der Waals surface area contributed by atoms with Gasteiger partial charge in [0, 0.05) is 12.6 Å². The minimum atomic E-state index is -3.56. The van der Waals surface area contributed by atoms with Crippen molar-refractivity contribution in [3.8, 4) is 5.88 Å². The Morgan fingerprint density at radius 2 is 2.20 bits per heavy atom. The van der Waals surface area contributed by atoms with Crippen LogP contribution in [0.5, 0.6) is 5.88 Å². The molecule has 0 saturated heterocycles. The number of nitrogens with one attached hydrogen (secondary N) is 1. The van der Waals surface area contributed by atoms with Gasteiger partial charge < -0.3 is 9.47 Å². The van der Waals surface area contributed by atoms with E-state index in [1.807, 2.05) is 0 Å². The summed E-state index contributed by atoms with van der Waals surface area (Å²) >= 11 is 0. The van der Waals surface area contributed by atoms with E-state index in [9.17, 15) is 13.2 Å². The molecule has 0 aromatic carbocycles.